The zero-order valence-corrected chi connectivity index (χ0v) is 17.6. The van der Waals surface area contributed by atoms with E-state index in [0.717, 1.165) is 39.1 Å². The topological polar surface area (TPSA) is 50.5 Å². The normalized spacial score (nSPS) is 11.3. The summed E-state index contributed by atoms with van der Waals surface area (Å²) in [5, 5.41) is 6.43. The fourth-order valence-electron chi connectivity index (χ4n) is 3.71. The van der Waals surface area contributed by atoms with Crippen molar-refractivity contribution in [1.82, 2.24) is 19.5 Å². The summed E-state index contributed by atoms with van der Waals surface area (Å²) in [6.07, 6.45) is 1.07. The maximum atomic E-state index is 12.7. The van der Waals surface area contributed by atoms with Crippen LogP contribution in [0, 0.1) is 13.8 Å². The van der Waals surface area contributed by atoms with Gasteiger partial charge in [0.25, 0.3) is 0 Å². The molecule has 29 heavy (non-hydrogen) atoms. The van der Waals surface area contributed by atoms with Crippen LogP contribution in [0.4, 0.5) is 0 Å². The van der Waals surface area contributed by atoms with E-state index in [-0.39, 0.29) is 5.91 Å². The fraction of sp³-hybridized carbons (Fsp3) is 0.261. The molecule has 0 aliphatic rings. The van der Waals surface area contributed by atoms with E-state index in [1.54, 1.807) is 4.90 Å². The third-order valence-electron chi connectivity index (χ3n) is 5.37. The second kappa shape index (κ2) is 7.84. The molecule has 0 unspecified atom stereocenters. The number of carbonyl (C=O) groups excluding carboxylic acids is 1. The predicted octanol–water partition coefficient (Wildman–Crippen LogP) is 4.74. The minimum absolute atomic E-state index is 0.101. The monoisotopic (exact) mass is 406 g/mol. The summed E-state index contributed by atoms with van der Waals surface area (Å²) in [4.78, 5) is 19.2. The summed E-state index contributed by atoms with van der Waals surface area (Å²) < 4.78 is 1.90. The number of amides is 1. The lowest BCUT2D eigenvalue weighted by atomic mass is 10.1. The van der Waals surface area contributed by atoms with Gasteiger partial charge in [-0.3, -0.25) is 4.79 Å². The second-order valence-corrected chi connectivity index (χ2v) is 7.83. The molecule has 0 bridgehead atoms. The van der Waals surface area contributed by atoms with Gasteiger partial charge in [0.05, 0.1) is 5.52 Å². The Balaban J connectivity index is 1.52. The third-order valence-corrected chi connectivity index (χ3v) is 5.62. The number of fused-ring (bicyclic) bond motifs is 3. The fourth-order valence-corrected chi connectivity index (χ4v) is 3.84. The summed E-state index contributed by atoms with van der Waals surface area (Å²) >= 11 is 5.93. The third kappa shape index (κ3) is 3.83. The number of nitrogens with zero attached hydrogens (tertiary/aromatic N) is 4. The number of carbonyl (C=O) groups is 1. The largest absolute Gasteiger partial charge is 0.341 e. The van der Waals surface area contributed by atoms with Gasteiger partial charge in [-0.25, -0.2) is 9.50 Å². The minimum Gasteiger partial charge on any atom is -0.341 e. The Morgan fingerprint density at radius 1 is 1.10 bits per heavy atom. The Hall–Kier alpha value is -2.92. The molecule has 2 aromatic carbocycles. The molecule has 0 N–H and O–H groups in total. The van der Waals surface area contributed by atoms with Crippen molar-refractivity contribution in [1.29, 1.82) is 0 Å². The van der Waals surface area contributed by atoms with Gasteiger partial charge in [0.2, 0.25) is 5.91 Å². The molecule has 1 amide bonds. The molecular weight excluding hydrogens is 384 g/mol. The van der Waals surface area contributed by atoms with E-state index in [2.05, 4.69) is 5.10 Å². The van der Waals surface area contributed by atoms with Crippen LogP contribution >= 0.6 is 11.6 Å². The molecule has 4 rings (SSSR count). The molecule has 4 aromatic rings. The molecule has 0 atom stereocenters. The average Bonchev–Trinajstić information content (AvgIpc) is 3.08. The van der Waals surface area contributed by atoms with Crippen molar-refractivity contribution < 1.29 is 4.79 Å². The van der Waals surface area contributed by atoms with E-state index in [9.17, 15) is 4.79 Å². The first kappa shape index (κ1) is 19.4. The van der Waals surface area contributed by atoms with Gasteiger partial charge in [-0.05, 0) is 55.7 Å². The van der Waals surface area contributed by atoms with Crippen molar-refractivity contribution in [3.05, 3.63) is 76.1 Å². The number of hydrogen-bond donors (Lipinski definition) is 0. The molecule has 0 spiro atoms. The van der Waals surface area contributed by atoms with Gasteiger partial charge in [0, 0.05) is 41.8 Å². The Kier molecular flexibility index (Phi) is 5.24. The van der Waals surface area contributed by atoms with E-state index in [1.165, 1.54) is 0 Å². The molecule has 0 saturated carbocycles. The van der Waals surface area contributed by atoms with Crippen LogP contribution in [0.3, 0.4) is 0 Å². The minimum atomic E-state index is 0.101. The van der Waals surface area contributed by atoms with Crippen molar-refractivity contribution in [3.63, 3.8) is 0 Å². The van der Waals surface area contributed by atoms with Crippen LogP contribution in [0.25, 0.3) is 16.6 Å². The summed E-state index contributed by atoms with van der Waals surface area (Å²) in [6.45, 7) is 4.62. The van der Waals surface area contributed by atoms with Crippen LogP contribution in [-0.2, 0) is 17.8 Å². The lowest BCUT2D eigenvalue weighted by molar-refractivity contribution is -0.130. The standard InChI is InChI=1S/C23H23ClN4O/c1-15-19(12-13-22(29)27(3)14-17-8-10-18(24)11-9-17)16(2)28-23(25-15)20-6-4-5-7-21(20)26-28/h4-11H,12-14H2,1-3H3. The highest BCUT2D eigenvalue weighted by molar-refractivity contribution is 6.30. The summed E-state index contributed by atoms with van der Waals surface area (Å²) in [7, 11) is 1.83. The second-order valence-electron chi connectivity index (χ2n) is 7.39. The zero-order chi connectivity index (χ0) is 20.5. The summed E-state index contributed by atoms with van der Waals surface area (Å²) in [6, 6.07) is 15.6. The van der Waals surface area contributed by atoms with Crippen molar-refractivity contribution in [2.45, 2.75) is 33.2 Å². The number of rotatable bonds is 5. The van der Waals surface area contributed by atoms with Gasteiger partial charge >= 0.3 is 0 Å². The maximum Gasteiger partial charge on any atom is 0.222 e. The van der Waals surface area contributed by atoms with Crippen LogP contribution < -0.4 is 0 Å². The smallest absolute Gasteiger partial charge is 0.222 e. The maximum absolute atomic E-state index is 12.7. The van der Waals surface area contributed by atoms with Crippen molar-refractivity contribution in [2.24, 2.45) is 0 Å². The summed E-state index contributed by atoms with van der Waals surface area (Å²) in [5.41, 5.74) is 5.93. The molecule has 2 aromatic heterocycles. The molecule has 0 aliphatic carbocycles. The molecule has 2 heterocycles. The number of hydrogen-bond acceptors (Lipinski definition) is 3. The molecule has 0 radical (unpaired) electrons. The van der Waals surface area contributed by atoms with Crippen molar-refractivity contribution in [3.8, 4) is 0 Å². The summed E-state index contributed by atoms with van der Waals surface area (Å²) in [5.74, 6) is 0.101. The SMILES string of the molecule is Cc1nc2c3ccccc3nn2c(C)c1CCC(=O)N(C)Cc1ccc(Cl)cc1. The zero-order valence-electron chi connectivity index (χ0n) is 16.8. The Bertz CT molecular complexity index is 1200. The van der Waals surface area contributed by atoms with Gasteiger partial charge in [0.1, 0.15) is 0 Å². The van der Waals surface area contributed by atoms with Crippen LogP contribution in [0.2, 0.25) is 5.02 Å². The van der Waals surface area contributed by atoms with E-state index in [0.29, 0.717) is 24.4 Å². The number of aromatic nitrogens is 3. The highest BCUT2D eigenvalue weighted by Crippen LogP contribution is 2.23. The highest BCUT2D eigenvalue weighted by atomic mass is 35.5. The number of aryl methyl sites for hydroxylation is 2. The lowest BCUT2D eigenvalue weighted by Crippen LogP contribution is -2.26. The van der Waals surface area contributed by atoms with Gasteiger partial charge < -0.3 is 4.90 Å². The molecular formula is C23H23ClN4O. The number of halogens is 1. The van der Waals surface area contributed by atoms with E-state index < -0.39 is 0 Å². The number of benzene rings is 2. The van der Waals surface area contributed by atoms with Crippen molar-refractivity contribution in [2.75, 3.05) is 7.05 Å². The average molecular weight is 407 g/mol. The predicted molar refractivity (Wildman–Crippen MR) is 116 cm³/mol. The molecule has 5 nitrogen and oxygen atoms in total. The first-order valence-electron chi connectivity index (χ1n) is 9.66. The van der Waals surface area contributed by atoms with Crippen LogP contribution in [0.1, 0.15) is 28.9 Å². The molecule has 0 saturated heterocycles. The molecule has 0 fully saturated rings. The Morgan fingerprint density at radius 3 is 2.59 bits per heavy atom. The van der Waals surface area contributed by atoms with E-state index in [4.69, 9.17) is 16.6 Å². The van der Waals surface area contributed by atoms with Gasteiger partial charge in [-0.1, -0.05) is 35.9 Å². The first-order chi connectivity index (χ1) is 13.9. The van der Waals surface area contributed by atoms with E-state index in [1.807, 2.05) is 73.9 Å². The highest BCUT2D eigenvalue weighted by Gasteiger charge is 2.16. The molecule has 6 heteroatoms. The van der Waals surface area contributed by atoms with Gasteiger partial charge in [-0.15, -0.1) is 0 Å². The Labute approximate surface area is 174 Å². The van der Waals surface area contributed by atoms with Crippen molar-refractivity contribution >= 4 is 34.1 Å². The molecule has 148 valence electrons. The lowest BCUT2D eigenvalue weighted by Gasteiger charge is -2.18. The first-order valence-corrected chi connectivity index (χ1v) is 10.0. The van der Waals surface area contributed by atoms with E-state index >= 15 is 0 Å². The van der Waals surface area contributed by atoms with Crippen LogP contribution in [0.5, 0.6) is 0 Å². The van der Waals surface area contributed by atoms with Gasteiger partial charge in [-0.2, -0.15) is 5.10 Å². The molecule has 0 aliphatic heterocycles. The van der Waals surface area contributed by atoms with Crippen LogP contribution in [-0.4, -0.2) is 32.5 Å². The van der Waals surface area contributed by atoms with Gasteiger partial charge in [0.15, 0.2) is 5.65 Å². The Morgan fingerprint density at radius 2 is 1.83 bits per heavy atom. The quantitative estimate of drug-likeness (QED) is 0.480. The van der Waals surface area contributed by atoms with Crippen LogP contribution in [0.15, 0.2) is 48.5 Å².